The lowest BCUT2D eigenvalue weighted by molar-refractivity contribution is -0.139. The fourth-order valence-electron chi connectivity index (χ4n) is 3.20. The van der Waals surface area contributed by atoms with Gasteiger partial charge in [0.1, 0.15) is 5.60 Å². The number of carbonyl (C=O) groups is 1. The average Bonchev–Trinajstić information content (AvgIpc) is 2.48. The summed E-state index contributed by atoms with van der Waals surface area (Å²) in [4.78, 5) is 12.5. The van der Waals surface area contributed by atoms with E-state index < -0.39 is 5.60 Å². The first-order valence-corrected chi connectivity index (χ1v) is 7.41. The number of rotatable bonds is 3. The summed E-state index contributed by atoms with van der Waals surface area (Å²) in [5.41, 5.74) is -0.0676. The fraction of sp³-hybridized carbons (Fsp3) is 0.389. The first-order valence-electron chi connectivity index (χ1n) is 7.41. The molecule has 0 unspecified atom stereocenters. The van der Waals surface area contributed by atoms with Gasteiger partial charge in [-0.3, -0.25) is 4.79 Å². The molecule has 3 rings (SSSR count). The van der Waals surface area contributed by atoms with Crippen LogP contribution in [0.2, 0.25) is 0 Å². The number of benzene rings is 2. The zero-order valence-corrected chi connectivity index (χ0v) is 11.6. The van der Waals surface area contributed by atoms with E-state index in [9.17, 15) is 9.90 Å². The van der Waals surface area contributed by atoms with Crippen LogP contribution in [0.1, 0.15) is 37.7 Å². The lowest BCUT2D eigenvalue weighted by atomic mass is 9.79. The van der Waals surface area contributed by atoms with E-state index >= 15 is 0 Å². The first kappa shape index (κ1) is 13.3. The predicted molar refractivity (Wildman–Crippen MR) is 80.7 cm³/mol. The van der Waals surface area contributed by atoms with Crippen molar-refractivity contribution in [2.75, 3.05) is 0 Å². The van der Waals surface area contributed by atoms with Crippen LogP contribution in [-0.2, 0) is 11.2 Å². The number of fused-ring (bicyclic) bond motifs is 1. The van der Waals surface area contributed by atoms with Crippen molar-refractivity contribution in [3.63, 3.8) is 0 Å². The Bertz CT molecular complexity index is 619. The number of hydrogen-bond donors (Lipinski definition) is 1. The minimum Gasteiger partial charge on any atom is -0.382 e. The molecule has 20 heavy (non-hydrogen) atoms. The second kappa shape index (κ2) is 5.37. The van der Waals surface area contributed by atoms with Crippen LogP contribution in [0.25, 0.3) is 10.8 Å². The lowest BCUT2D eigenvalue weighted by Gasteiger charge is -2.30. The molecule has 0 saturated heterocycles. The van der Waals surface area contributed by atoms with Gasteiger partial charge in [0.15, 0.2) is 5.78 Å². The van der Waals surface area contributed by atoms with E-state index in [0.717, 1.165) is 35.6 Å². The van der Waals surface area contributed by atoms with E-state index in [1.54, 1.807) is 0 Å². The lowest BCUT2D eigenvalue weighted by Crippen LogP contribution is -2.41. The molecular weight excluding hydrogens is 248 g/mol. The molecular formula is C18H20O2. The molecule has 0 atom stereocenters. The highest BCUT2D eigenvalue weighted by Gasteiger charge is 2.36. The summed E-state index contributed by atoms with van der Waals surface area (Å²) < 4.78 is 0. The molecule has 0 bridgehead atoms. The largest absolute Gasteiger partial charge is 0.382 e. The summed E-state index contributed by atoms with van der Waals surface area (Å²) in [7, 11) is 0. The van der Waals surface area contributed by atoms with Crippen molar-refractivity contribution < 1.29 is 9.90 Å². The van der Waals surface area contributed by atoms with Crippen LogP contribution >= 0.6 is 0 Å². The highest BCUT2D eigenvalue weighted by atomic mass is 16.3. The summed E-state index contributed by atoms with van der Waals surface area (Å²) in [6, 6.07) is 14.1. The Hall–Kier alpha value is -1.67. The van der Waals surface area contributed by atoms with E-state index in [2.05, 4.69) is 12.1 Å². The number of ketones is 1. The van der Waals surface area contributed by atoms with Crippen LogP contribution < -0.4 is 0 Å². The van der Waals surface area contributed by atoms with Crippen LogP contribution in [-0.4, -0.2) is 16.5 Å². The predicted octanol–water partition coefficient (Wildman–Crippen LogP) is 3.65. The Morgan fingerprint density at radius 1 is 1.00 bits per heavy atom. The minimum atomic E-state index is -1.09. The minimum absolute atomic E-state index is 0.0199. The maximum Gasteiger partial charge on any atom is 0.168 e. The quantitative estimate of drug-likeness (QED) is 0.922. The van der Waals surface area contributed by atoms with Gasteiger partial charge in [-0.2, -0.15) is 0 Å². The summed E-state index contributed by atoms with van der Waals surface area (Å²) in [6.45, 7) is 0. The first-order chi connectivity index (χ1) is 9.69. The van der Waals surface area contributed by atoms with Crippen molar-refractivity contribution in [3.05, 3.63) is 48.0 Å². The topological polar surface area (TPSA) is 37.3 Å². The molecule has 0 heterocycles. The van der Waals surface area contributed by atoms with Gasteiger partial charge in [0.05, 0.1) is 0 Å². The van der Waals surface area contributed by atoms with Crippen LogP contribution in [0.4, 0.5) is 0 Å². The van der Waals surface area contributed by atoms with E-state index in [-0.39, 0.29) is 5.78 Å². The van der Waals surface area contributed by atoms with Gasteiger partial charge < -0.3 is 5.11 Å². The van der Waals surface area contributed by atoms with Gasteiger partial charge in [0, 0.05) is 6.42 Å². The van der Waals surface area contributed by atoms with Gasteiger partial charge in [0.2, 0.25) is 0 Å². The van der Waals surface area contributed by atoms with Crippen molar-refractivity contribution in [3.8, 4) is 0 Å². The molecule has 1 saturated carbocycles. The molecule has 0 spiro atoms. The number of carbonyl (C=O) groups excluding carboxylic acids is 1. The van der Waals surface area contributed by atoms with Crippen LogP contribution in [0.5, 0.6) is 0 Å². The van der Waals surface area contributed by atoms with E-state index in [0.29, 0.717) is 19.3 Å². The molecule has 0 aliphatic heterocycles. The Labute approximate surface area is 119 Å². The summed E-state index contributed by atoms with van der Waals surface area (Å²) in [6.07, 6.45) is 4.62. The van der Waals surface area contributed by atoms with Gasteiger partial charge in [-0.15, -0.1) is 0 Å². The van der Waals surface area contributed by atoms with Crippen molar-refractivity contribution in [1.29, 1.82) is 0 Å². The zero-order chi connectivity index (χ0) is 14.0. The average molecular weight is 268 g/mol. The maximum atomic E-state index is 12.5. The molecule has 1 fully saturated rings. The summed E-state index contributed by atoms with van der Waals surface area (Å²) >= 11 is 0. The Morgan fingerprint density at radius 3 is 2.50 bits per heavy atom. The highest BCUT2D eigenvalue weighted by molar-refractivity contribution is 5.94. The smallest absolute Gasteiger partial charge is 0.168 e. The van der Waals surface area contributed by atoms with Crippen LogP contribution in [0, 0.1) is 0 Å². The van der Waals surface area contributed by atoms with Crippen LogP contribution in [0.15, 0.2) is 42.5 Å². The molecule has 0 aromatic heterocycles. The fourth-order valence-corrected chi connectivity index (χ4v) is 3.20. The van der Waals surface area contributed by atoms with Crippen molar-refractivity contribution in [2.24, 2.45) is 0 Å². The maximum absolute atomic E-state index is 12.5. The van der Waals surface area contributed by atoms with Crippen molar-refractivity contribution in [1.82, 2.24) is 0 Å². The van der Waals surface area contributed by atoms with E-state index in [4.69, 9.17) is 0 Å². The monoisotopic (exact) mass is 268 g/mol. The van der Waals surface area contributed by atoms with Gasteiger partial charge in [-0.25, -0.2) is 0 Å². The third-order valence-corrected chi connectivity index (χ3v) is 4.43. The Balaban J connectivity index is 1.87. The normalized spacial score (nSPS) is 18.1. The molecule has 0 radical (unpaired) electrons. The molecule has 104 valence electrons. The molecule has 1 aliphatic carbocycles. The molecule has 2 aromatic rings. The Morgan fingerprint density at radius 2 is 1.70 bits per heavy atom. The molecule has 0 amide bonds. The number of hydrogen-bond acceptors (Lipinski definition) is 2. The van der Waals surface area contributed by atoms with Gasteiger partial charge in [-0.05, 0) is 29.2 Å². The second-order valence-electron chi connectivity index (χ2n) is 5.83. The van der Waals surface area contributed by atoms with E-state index in [1.165, 1.54) is 0 Å². The van der Waals surface area contributed by atoms with E-state index in [1.807, 2.05) is 30.3 Å². The van der Waals surface area contributed by atoms with Crippen LogP contribution in [0.3, 0.4) is 0 Å². The zero-order valence-electron chi connectivity index (χ0n) is 11.6. The van der Waals surface area contributed by atoms with Gasteiger partial charge in [0.25, 0.3) is 0 Å². The molecule has 1 aliphatic rings. The molecule has 2 heteroatoms. The number of aliphatic hydroxyl groups is 1. The second-order valence-corrected chi connectivity index (χ2v) is 5.83. The summed E-state index contributed by atoms with van der Waals surface area (Å²) in [5.74, 6) is -0.0199. The highest BCUT2D eigenvalue weighted by Crippen LogP contribution is 2.30. The standard InChI is InChI=1S/C18H20O2/c19-17(18(20)11-4-1-5-12-18)13-15-9-6-8-14-7-2-3-10-16(14)15/h2-3,6-10,20H,1,4-5,11-13H2. The van der Waals surface area contributed by atoms with Crippen molar-refractivity contribution in [2.45, 2.75) is 44.1 Å². The van der Waals surface area contributed by atoms with Gasteiger partial charge in [-0.1, -0.05) is 61.7 Å². The molecule has 1 N–H and O–H groups in total. The third kappa shape index (κ3) is 2.48. The van der Waals surface area contributed by atoms with Crippen molar-refractivity contribution >= 4 is 16.6 Å². The third-order valence-electron chi connectivity index (χ3n) is 4.43. The number of Topliss-reactive ketones (excluding diaryl/α,β-unsaturated/α-hetero) is 1. The van der Waals surface area contributed by atoms with Gasteiger partial charge >= 0.3 is 0 Å². The Kier molecular flexibility index (Phi) is 3.58. The summed E-state index contributed by atoms with van der Waals surface area (Å²) in [5, 5.41) is 12.8. The molecule has 2 aromatic carbocycles. The molecule has 2 nitrogen and oxygen atoms in total. The SMILES string of the molecule is O=C(Cc1cccc2ccccc12)C1(O)CCCCC1.